The second-order valence-corrected chi connectivity index (χ2v) is 6.82. The fraction of sp³-hybridized carbons (Fsp3) is 0.136. The van der Waals surface area contributed by atoms with E-state index < -0.39 is 0 Å². The molecule has 138 valence electrons. The molecular weight excluding hydrogens is 350 g/mol. The van der Waals surface area contributed by atoms with Gasteiger partial charge in [0.15, 0.2) is 5.76 Å². The number of nitrogens with one attached hydrogen (secondary N) is 1. The Labute approximate surface area is 162 Å². The van der Waals surface area contributed by atoms with Crippen LogP contribution in [0.3, 0.4) is 0 Å². The summed E-state index contributed by atoms with van der Waals surface area (Å²) in [7, 11) is 0. The third kappa shape index (κ3) is 3.44. The highest BCUT2D eigenvalue weighted by molar-refractivity contribution is 5.64. The molecule has 0 spiro atoms. The number of rotatable bonds is 5. The van der Waals surface area contributed by atoms with Crippen molar-refractivity contribution in [3.05, 3.63) is 72.6 Å². The first kappa shape index (κ1) is 16.5. The van der Waals surface area contributed by atoms with E-state index in [2.05, 4.69) is 37.3 Å². The Morgan fingerprint density at radius 3 is 2.61 bits per heavy atom. The van der Waals surface area contributed by atoms with Crippen LogP contribution < -0.4 is 10.2 Å². The number of aryl methyl sites for hydroxylation is 1. The Bertz CT molecular complexity index is 1120. The van der Waals surface area contributed by atoms with Crippen molar-refractivity contribution in [2.24, 2.45) is 0 Å². The number of oxazole rings is 1. The molecule has 1 saturated heterocycles. The maximum atomic E-state index is 5.97. The highest BCUT2D eigenvalue weighted by atomic mass is 16.4. The Kier molecular flexibility index (Phi) is 4.01. The summed E-state index contributed by atoms with van der Waals surface area (Å²) in [6.45, 7) is 4.30. The lowest BCUT2D eigenvalue weighted by atomic mass is 10.2. The van der Waals surface area contributed by atoms with Gasteiger partial charge in [0.25, 0.3) is 0 Å². The molecule has 6 heteroatoms. The van der Waals surface area contributed by atoms with E-state index in [1.54, 1.807) is 12.4 Å². The van der Waals surface area contributed by atoms with E-state index in [0.29, 0.717) is 17.5 Å². The van der Waals surface area contributed by atoms with Gasteiger partial charge in [-0.05, 0) is 61.0 Å². The van der Waals surface area contributed by atoms with Crippen molar-refractivity contribution in [3.8, 4) is 22.9 Å². The van der Waals surface area contributed by atoms with E-state index in [1.807, 2.05) is 49.4 Å². The van der Waals surface area contributed by atoms with E-state index in [1.165, 1.54) is 5.69 Å². The lowest BCUT2D eigenvalue weighted by molar-refractivity contribution is 0.586. The van der Waals surface area contributed by atoms with Gasteiger partial charge in [-0.3, -0.25) is 0 Å². The third-order valence-electron chi connectivity index (χ3n) is 4.61. The number of anilines is 3. The maximum Gasteiger partial charge on any atom is 0.226 e. The Hall–Kier alpha value is -3.67. The van der Waals surface area contributed by atoms with Gasteiger partial charge < -0.3 is 14.6 Å². The molecule has 28 heavy (non-hydrogen) atoms. The molecule has 0 atom stereocenters. The summed E-state index contributed by atoms with van der Waals surface area (Å²) < 4.78 is 5.97. The number of pyridine rings is 2. The van der Waals surface area contributed by atoms with Crippen LogP contribution in [-0.4, -0.2) is 28.0 Å². The molecule has 0 bridgehead atoms. The van der Waals surface area contributed by atoms with Crippen LogP contribution >= 0.6 is 0 Å². The number of hydrogen-bond acceptors (Lipinski definition) is 6. The zero-order chi connectivity index (χ0) is 18.9. The average molecular weight is 369 g/mol. The Balaban J connectivity index is 1.37. The van der Waals surface area contributed by atoms with Crippen LogP contribution in [0.2, 0.25) is 0 Å². The van der Waals surface area contributed by atoms with E-state index in [4.69, 9.17) is 4.42 Å². The van der Waals surface area contributed by atoms with Crippen LogP contribution in [0.25, 0.3) is 22.9 Å². The summed E-state index contributed by atoms with van der Waals surface area (Å²) in [6, 6.07) is 18.0. The van der Waals surface area contributed by atoms with Gasteiger partial charge in [-0.15, -0.1) is 0 Å². The van der Waals surface area contributed by atoms with Crippen molar-refractivity contribution < 1.29 is 4.42 Å². The molecule has 0 aliphatic carbocycles. The number of benzene rings is 1. The van der Waals surface area contributed by atoms with Gasteiger partial charge in [0, 0.05) is 30.5 Å². The molecule has 0 saturated carbocycles. The van der Waals surface area contributed by atoms with Crippen molar-refractivity contribution >= 4 is 17.3 Å². The van der Waals surface area contributed by atoms with E-state index in [9.17, 15) is 0 Å². The van der Waals surface area contributed by atoms with Gasteiger partial charge in [0.1, 0.15) is 17.3 Å². The molecule has 6 nitrogen and oxygen atoms in total. The molecule has 4 heterocycles. The zero-order valence-electron chi connectivity index (χ0n) is 15.5. The highest BCUT2D eigenvalue weighted by Crippen LogP contribution is 2.28. The van der Waals surface area contributed by atoms with Gasteiger partial charge in [0.2, 0.25) is 5.89 Å². The average Bonchev–Trinajstić information content (AvgIpc) is 3.45. The second-order valence-electron chi connectivity index (χ2n) is 6.82. The normalized spacial score (nSPS) is 12.8. The van der Waals surface area contributed by atoms with Crippen LogP contribution in [0.15, 0.2) is 71.4 Å². The molecule has 1 aromatic carbocycles. The van der Waals surface area contributed by atoms with Crippen molar-refractivity contribution in [1.82, 2.24) is 15.0 Å². The minimum Gasteiger partial charge on any atom is -0.434 e. The standard InChI is InChI=1S/C22H19N5O/c1-15-9-10-23-21(13-15)26-20-4-2-3-18(25-20)19-14-24-22(28-19)16-5-7-17(8-6-16)27-11-12-27/h2-10,13-14H,11-12H2,1H3,(H,23,25,26). The van der Waals surface area contributed by atoms with E-state index in [-0.39, 0.29) is 0 Å². The predicted molar refractivity (Wildman–Crippen MR) is 110 cm³/mol. The smallest absolute Gasteiger partial charge is 0.226 e. The summed E-state index contributed by atoms with van der Waals surface area (Å²) in [5.74, 6) is 2.68. The van der Waals surface area contributed by atoms with E-state index in [0.717, 1.165) is 35.7 Å². The van der Waals surface area contributed by atoms with Gasteiger partial charge in [-0.25, -0.2) is 15.0 Å². The molecule has 1 N–H and O–H groups in total. The van der Waals surface area contributed by atoms with Crippen molar-refractivity contribution in [1.29, 1.82) is 0 Å². The molecule has 1 fully saturated rings. The zero-order valence-corrected chi connectivity index (χ0v) is 15.5. The fourth-order valence-electron chi connectivity index (χ4n) is 3.03. The summed E-state index contributed by atoms with van der Waals surface area (Å²) >= 11 is 0. The minimum absolute atomic E-state index is 0.591. The lowest BCUT2D eigenvalue weighted by Crippen LogP contribution is -1.96. The Morgan fingerprint density at radius 2 is 1.82 bits per heavy atom. The molecule has 0 amide bonds. The molecule has 1 aliphatic heterocycles. The molecule has 4 aromatic rings. The van der Waals surface area contributed by atoms with Crippen LogP contribution in [0, 0.1) is 6.92 Å². The first-order chi connectivity index (χ1) is 13.7. The SMILES string of the molecule is Cc1ccnc(Nc2cccc(-c3cnc(-c4ccc(N5CC5)cc4)o3)n2)c1. The van der Waals surface area contributed by atoms with Crippen molar-refractivity contribution in [3.63, 3.8) is 0 Å². The number of hydrogen-bond donors (Lipinski definition) is 1. The summed E-state index contributed by atoms with van der Waals surface area (Å²) in [6.07, 6.45) is 3.49. The summed E-state index contributed by atoms with van der Waals surface area (Å²) in [5.41, 5.74) is 4.05. The predicted octanol–water partition coefficient (Wildman–Crippen LogP) is 4.67. The van der Waals surface area contributed by atoms with Crippen molar-refractivity contribution in [2.75, 3.05) is 23.3 Å². The number of nitrogens with zero attached hydrogens (tertiary/aromatic N) is 4. The fourth-order valence-corrected chi connectivity index (χ4v) is 3.03. The molecule has 1 aliphatic rings. The molecular formula is C22H19N5O. The topological polar surface area (TPSA) is 66.8 Å². The monoisotopic (exact) mass is 369 g/mol. The third-order valence-corrected chi connectivity index (χ3v) is 4.61. The lowest BCUT2D eigenvalue weighted by Gasteiger charge is -2.06. The molecule has 5 rings (SSSR count). The van der Waals surface area contributed by atoms with Gasteiger partial charge in [-0.2, -0.15) is 0 Å². The number of aromatic nitrogens is 3. The van der Waals surface area contributed by atoms with Crippen molar-refractivity contribution in [2.45, 2.75) is 6.92 Å². The van der Waals surface area contributed by atoms with Crippen LogP contribution in [0.1, 0.15) is 5.56 Å². The van der Waals surface area contributed by atoms with Crippen LogP contribution in [0.5, 0.6) is 0 Å². The largest absolute Gasteiger partial charge is 0.434 e. The first-order valence-electron chi connectivity index (χ1n) is 9.23. The van der Waals surface area contributed by atoms with E-state index >= 15 is 0 Å². The molecule has 0 radical (unpaired) electrons. The van der Waals surface area contributed by atoms with Crippen LogP contribution in [-0.2, 0) is 0 Å². The first-order valence-corrected chi connectivity index (χ1v) is 9.23. The minimum atomic E-state index is 0.591. The molecule has 3 aromatic heterocycles. The van der Waals surface area contributed by atoms with Gasteiger partial charge in [-0.1, -0.05) is 6.07 Å². The van der Waals surface area contributed by atoms with Gasteiger partial charge in [0.05, 0.1) is 6.20 Å². The maximum absolute atomic E-state index is 5.97. The van der Waals surface area contributed by atoms with Gasteiger partial charge >= 0.3 is 0 Å². The summed E-state index contributed by atoms with van der Waals surface area (Å²) in [5, 5.41) is 3.23. The highest BCUT2D eigenvalue weighted by Gasteiger charge is 2.18. The quantitative estimate of drug-likeness (QED) is 0.516. The Morgan fingerprint density at radius 1 is 0.964 bits per heavy atom. The summed E-state index contributed by atoms with van der Waals surface area (Å²) in [4.78, 5) is 15.7. The second kappa shape index (κ2) is 6.81. The van der Waals surface area contributed by atoms with Crippen LogP contribution in [0.4, 0.5) is 17.3 Å². The molecule has 0 unspecified atom stereocenters.